The lowest BCUT2D eigenvalue weighted by atomic mass is 10.0. The van der Waals surface area contributed by atoms with Gasteiger partial charge in [0, 0.05) is 4.88 Å². The number of nitrogens with two attached hydrogens (primary N) is 1. The second kappa shape index (κ2) is 5.23. The van der Waals surface area contributed by atoms with E-state index in [2.05, 4.69) is 36.3 Å². The SMILES string of the molecule is CC(C)C(c1cccs1)n1c(N)nc2ccc(C#N)cc21. The lowest BCUT2D eigenvalue weighted by Crippen LogP contribution is -2.17. The molecule has 0 aliphatic heterocycles. The van der Waals surface area contributed by atoms with Crippen molar-refractivity contribution in [2.75, 3.05) is 5.73 Å². The van der Waals surface area contributed by atoms with E-state index in [-0.39, 0.29) is 6.04 Å². The van der Waals surface area contributed by atoms with Gasteiger partial charge < -0.3 is 10.3 Å². The number of benzene rings is 1. The first-order valence-corrected chi connectivity index (χ1v) is 7.70. The monoisotopic (exact) mass is 296 g/mol. The highest BCUT2D eigenvalue weighted by Crippen LogP contribution is 2.35. The molecule has 0 aliphatic rings. The number of rotatable bonds is 3. The average molecular weight is 296 g/mol. The fraction of sp³-hybridized carbons (Fsp3) is 0.250. The van der Waals surface area contributed by atoms with Crippen LogP contribution in [0.4, 0.5) is 5.95 Å². The maximum atomic E-state index is 9.12. The predicted octanol–water partition coefficient (Wildman–Crippen LogP) is 3.80. The van der Waals surface area contributed by atoms with Crippen LogP contribution in [0.25, 0.3) is 11.0 Å². The Morgan fingerprint density at radius 3 is 2.76 bits per heavy atom. The first-order valence-electron chi connectivity index (χ1n) is 6.82. The molecule has 2 aromatic heterocycles. The molecule has 3 aromatic rings. The Bertz CT molecular complexity index is 809. The zero-order valence-corrected chi connectivity index (χ0v) is 12.8. The van der Waals surface area contributed by atoms with Gasteiger partial charge in [0.15, 0.2) is 0 Å². The summed E-state index contributed by atoms with van der Waals surface area (Å²) >= 11 is 1.72. The van der Waals surface area contributed by atoms with Crippen LogP contribution >= 0.6 is 11.3 Å². The molecule has 1 atom stereocenters. The number of nitriles is 1. The molecule has 1 aromatic carbocycles. The summed E-state index contributed by atoms with van der Waals surface area (Å²) in [6.07, 6.45) is 0. The van der Waals surface area contributed by atoms with Crippen molar-refractivity contribution in [1.29, 1.82) is 5.26 Å². The van der Waals surface area contributed by atoms with Crippen LogP contribution in [0.15, 0.2) is 35.7 Å². The van der Waals surface area contributed by atoms with Crippen LogP contribution in [-0.2, 0) is 0 Å². The van der Waals surface area contributed by atoms with Crippen LogP contribution in [0.3, 0.4) is 0 Å². The minimum absolute atomic E-state index is 0.129. The van der Waals surface area contributed by atoms with Crippen molar-refractivity contribution >= 4 is 28.3 Å². The zero-order chi connectivity index (χ0) is 15.0. The van der Waals surface area contributed by atoms with E-state index in [4.69, 9.17) is 11.0 Å². The number of hydrogen-bond donors (Lipinski definition) is 1. The first kappa shape index (κ1) is 13.7. The third-order valence-corrected chi connectivity index (χ3v) is 4.53. The summed E-state index contributed by atoms with van der Waals surface area (Å²) in [6, 6.07) is 12.0. The molecule has 106 valence electrons. The highest BCUT2D eigenvalue weighted by molar-refractivity contribution is 7.10. The largest absolute Gasteiger partial charge is 0.369 e. The fourth-order valence-electron chi connectivity index (χ4n) is 2.69. The lowest BCUT2D eigenvalue weighted by molar-refractivity contribution is 0.457. The van der Waals surface area contributed by atoms with Gasteiger partial charge in [0.2, 0.25) is 5.95 Å². The molecule has 4 nitrogen and oxygen atoms in total. The maximum absolute atomic E-state index is 9.12. The van der Waals surface area contributed by atoms with Crippen LogP contribution in [0.5, 0.6) is 0 Å². The molecular weight excluding hydrogens is 280 g/mol. The summed E-state index contributed by atoms with van der Waals surface area (Å²) in [7, 11) is 0. The van der Waals surface area contributed by atoms with Gasteiger partial charge in [0.25, 0.3) is 0 Å². The lowest BCUT2D eigenvalue weighted by Gasteiger charge is -2.23. The Kier molecular flexibility index (Phi) is 3.40. The minimum atomic E-state index is 0.129. The summed E-state index contributed by atoms with van der Waals surface area (Å²) in [5.41, 5.74) is 8.53. The van der Waals surface area contributed by atoms with Gasteiger partial charge in [-0.3, -0.25) is 0 Å². The molecule has 0 saturated heterocycles. The summed E-state index contributed by atoms with van der Waals surface area (Å²) < 4.78 is 2.05. The van der Waals surface area contributed by atoms with E-state index >= 15 is 0 Å². The summed E-state index contributed by atoms with van der Waals surface area (Å²) in [5, 5.41) is 11.2. The maximum Gasteiger partial charge on any atom is 0.201 e. The molecular formula is C16H16N4S. The van der Waals surface area contributed by atoms with Gasteiger partial charge in [-0.25, -0.2) is 4.98 Å². The second-order valence-electron chi connectivity index (χ2n) is 5.36. The second-order valence-corrected chi connectivity index (χ2v) is 6.34. The van der Waals surface area contributed by atoms with Crippen LogP contribution < -0.4 is 5.73 Å². The molecule has 2 heterocycles. The van der Waals surface area contributed by atoms with Crippen LogP contribution in [-0.4, -0.2) is 9.55 Å². The van der Waals surface area contributed by atoms with Crippen molar-refractivity contribution in [3.05, 3.63) is 46.2 Å². The number of thiophene rings is 1. The van der Waals surface area contributed by atoms with Crippen LogP contribution in [0.2, 0.25) is 0 Å². The van der Waals surface area contributed by atoms with Crippen molar-refractivity contribution in [1.82, 2.24) is 9.55 Å². The van der Waals surface area contributed by atoms with E-state index < -0.39 is 0 Å². The van der Waals surface area contributed by atoms with Gasteiger partial charge in [-0.05, 0) is 35.6 Å². The van der Waals surface area contributed by atoms with Gasteiger partial charge >= 0.3 is 0 Å². The zero-order valence-electron chi connectivity index (χ0n) is 11.9. The molecule has 1 unspecified atom stereocenters. The standard InChI is InChI=1S/C16H16N4S/c1-10(2)15(14-4-3-7-21-14)20-13-8-11(9-17)5-6-12(13)19-16(20)18/h3-8,10,15H,1-2H3,(H2,18,19). The third kappa shape index (κ3) is 2.28. The average Bonchev–Trinajstić information content (AvgIpc) is 3.07. The van der Waals surface area contributed by atoms with E-state index in [1.165, 1.54) is 4.88 Å². The topological polar surface area (TPSA) is 67.6 Å². The number of nitrogen functional groups attached to an aromatic ring is 1. The van der Waals surface area contributed by atoms with Crippen molar-refractivity contribution in [2.24, 2.45) is 5.92 Å². The van der Waals surface area contributed by atoms with E-state index in [1.54, 1.807) is 17.4 Å². The molecule has 0 aliphatic carbocycles. The molecule has 0 saturated carbocycles. The number of nitrogens with zero attached hydrogens (tertiary/aromatic N) is 3. The predicted molar refractivity (Wildman–Crippen MR) is 86.2 cm³/mol. The van der Waals surface area contributed by atoms with Gasteiger partial charge in [-0.15, -0.1) is 11.3 Å². The first-order chi connectivity index (χ1) is 10.1. The molecule has 0 amide bonds. The van der Waals surface area contributed by atoms with Gasteiger partial charge in [-0.1, -0.05) is 19.9 Å². The number of anilines is 1. The summed E-state index contributed by atoms with van der Waals surface area (Å²) in [5.74, 6) is 0.862. The number of hydrogen-bond acceptors (Lipinski definition) is 4. The van der Waals surface area contributed by atoms with Crippen molar-refractivity contribution in [3.63, 3.8) is 0 Å². The number of imidazole rings is 1. The molecule has 21 heavy (non-hydrogen) atoms. The quantitative estimate of drug-likeness (QED) is 0.799. The Morgan fingerprint density at radius 2 is 2.14 bits per heavy atom. The molecule has 0 radical (unpaired) electrons. The smallest absolute Gasteiger partial charge is 0.201 e. The Morgan fingerprint density at radius 1 is 1.33 bits per heavy atom. The molecule has 0 spiro atoms. The van der Waals surface area contributed by atoms with Gasteiger partial charge in [0.1, 0.15) is 0 Å². The van der Waals surface area contributed by atoms with E-state index in [9.17, 15) is 0 Å². The van der Waals surface area contributed by atoms with Crippen LogP contribution in [0.1, 0.15) is 30.3 Å². The fourth-order valence-corrected chi connectivity index (χ4v) is 3.68. The Hall–Kier alpha value is -2.32. The third-order valence-electron chi connectivity index (χ3n) is 3.59. The molecule has 2 N–H and O–H groups in total. The van der Waals surface area contributed by atoms with E-state index in [0.29, 0.717) is 17.4 Å². The normalized spacial score (nSPS) is 12.7. The molecule has 0 bridgehead atoms. The van der Waals surface area contributed by atoms with Gasteiger partial charge in [0.05, 0.1) is 28.7 Å². The van der Waals surface area contributed by atoms with Gasteiger partial charge in [-0.2, -0.15) is 5.26 Å². The van der Waals surface area contributed by atoms with E-state index in [0.717, 1.165) is 11.0 Å². The highest BCUT2D eigenvalue weighted by Gasteiger charge is 2.23. The minimum Gasteiger partial charge on any atom is -0.369 e. The highest BCUT2D eigenvalue weighted by atomic mass is 32.1. The number of fused-ring (bicyclic) bond motifs is 1. The molecule has 0 fully saturated rings. The molecule has 5 heteroatoms. The molecule has 3 rings (SSSR count). The number of aromatic nitrogens is 2. The Labute approximate surface area is 127 Å². The summed E-state index contributed by atoms with van der Waals surface area (Å²) in [4.78, 5) is 5.69. The van der Waals surface area contributed by atoms with Crippen LogP contribution in [0, 0.1) is 17.2 Å². The van der Waals surface area contributed by atoms with E-state index in [1.807, 2.05) is 22.8 Å². The summed E-state index contributed by atoms with van der Waals surface area (Å²) in [6.45, 7) is 4.34. The van der Waals surface area contributed by atoms with Crippen molar-refractivity contribution < 1.29 is 0 Å². The van der Waals surface area contributed by atoms with Crippen molar-refractivity contribution in [3.8, 4) is 6.07 Å². The Balaban J connectivity index is 2.27. The van der Waals surface area contributed by atoms with Crippen molar-refractivity contribution in [2.45, 2.75) is 19.9 Å².